The SMILES string of the molecule is COc1ccc(C=NNS(=O)(=O)c2ccc(Cl)cc2)cc1OC. The molecule has 0 fully saturated rings. The van der Waals surface area contributed by atoms with Crippen molar-refractivity contribution in [2.75, 3.05) is 14.2 Å². The van der Waals surface area contributed by atoms with Gasteiger partial charge in [-0.15, -0.1) is 0 Å². The predicted octanol–water partition coefficient (Wildman–Crippen LogP) is 2.67. The Morgan fingerprint density at radius 1 is 1.04 bits per heavy atom. The van der Waals surface area contributed by atoms with E-state index in [2.05, 4.69) is 9.93 Å². The summed E-state index contributed by atoms with van der Waals surface area (Å²) in [6, 6.07) is 10.9. The van der Waals surface area contributed by atoms with E-state index in [1.54, 1.807) is 18.2 Å². The van der Waals surface area contributed by atoms with Gasteiger partial charge in [-0.1, -0.05) is 11.6 Å². The largest absolute Gasteiger partial charge is 0.493 e. The van der Waals surface area contributed by atoms with E-state index in [4.69, 9.17) is 21.1 Å². The average molecular weight is 355 g/mol. The number of halogens is 1. The van der Waals surface area contributed by atoms with Crippen LogP contribution < -0.4 is 14.3 Å². The second kappa shape index (κ2) is 7.34. The molecule has 0 bridgehead atoms. The third-order valence-electron chi connectivity index (χ3n) is 2.92. The summed E-state index contributed by atoms with van der Waals surface area (Å²) in [6.45, 7) is 0. The summed E-state index contributed by atoms with van der Waals surface area (Å²) >= 11 is 5.73. The zero-order valence-electron chi connectivity index (χ0n) is 12.5. The van der Waals surface area contributed by atoms with Crippen LogP contribution in [0.2, 0.25) is 5.02 Å². The van der Waals surface area contributed by atoms with Crippen LogP contribution in [-0.4, -0.2) is 28.9 Å². The lowest BCUT2D eigenvalue weighted by Crippen LogP contribution is -2.18. The molecule has 0 aliphatic rings. The van der Waals surface area contributed by atoms with E-state index in [9.17, 15) is 8.42 Å². The predicted molar refractivity (Wildman–Crippen MR) is 88.9 cm³/mol. The monoisotopic (exact) mass is 354 g/mol. The molecule has 0 amide bonds. The Balaban J connectivity index is 2.13. The summed E-state index contributed by atoms with van der Waals surface area (Å²) in [5.41, 5.74) is 0.654. The fraction of sp³-hybridized carbons (Fsp3) is 0.133. The standard InChI is InChI=1S/C15H15ClN2O4S/c1-21-14-8-3-11(9-15(14)22-2)10-17-18-23(19,20)13-6-4-12(16)5-7-13/h3-10,18H,1-2H3. The first-order valence-corrected chi connectivity index (χ1v) is 8.35. The molecule has 8 heteroatoms. The van der Waals surface area contributed by atoms with Crippen LogP contribution in [0.5, 0.6) is 11.5 Å². The van der Waals surface area contributed by atoms with Crippen molar-refractivity contribution in [2.24, 2.45) is 5.10 Å². The third-order valence-corrected chi connectivity index (χ3v) is 4.41. The molecule has 6 nitrogen and oxygen atoms in total. The Kier molecular flexibility index (Phi) is 5.46. The van der Waals surface area contributed by atoms with Gasteiger partial charge < -0.3 is 9.47 Å². The lowest BCUT2D eigenvalue weighted by Gasteiger charge is -2.07. The third kappa shape index (κ3) is 4.37. The molecule has 0 aromatic heterocycles. The van der Waals surface area contributed by atoms with Crippen molar-refractivity contribution in [3.05, 3.63) is 53.1 Å². The summed E-state index contributed by atoms with van der Waals surface area (Å²) < 4.78 is 34.4. The van der Waals surface area contributed by atoms with E-state index >= 15 is 0 Å². The number of hydrogen-bond acceptors (Lipinski definition) is 5. The smallest absolute Gasteiger partial charge is 0.276 e. The van der Waals surface area contributed by atoms with Crippen molar-refractivity contribution in [3.63, 3.8) is 0 Å². The zero-order valence-corrected chi connectivity index (χ0v) is 14.1. The molecule has 2 rings (SSSR count). The van der Waals surface area contributed by atoms with Gasteiger partial charge in [0.2, 0.25) is 0 Å². The number of nitrogens with zero attached hydrogens (tertiary/aromatic N) is 1. The topological polar surface area (TPSA) is 77.0 Å². The number of hydrogen-bond donors (Lipinski definition) is 1. The highest BCUT2D eigenvalue weighted by Crippen LogP contribution is 2.26. The fourth-order valence-corrected chi connectivity index (χ4v) is 2.69. The molecule has 2 aromatic carbocycles. The molecule has 0 saturated heterocycles. The minimum Gasteiger partial charge on any atom is -0.493 e. The van der Waals surface area contributed by atoms with Gasteiger partial charge in [-0.3, -0.25) is 0 Å². The van der Waals surface area contributed by atoms with Gasteiger partial charge >= 0.3 is 0 Å². The van der Waals surface area contributed by atoms with E-state index in [-0.39, 0.29) is 4.90 Å². The number of rotatable bonds is 6. The quantitative estimate of drug-likeness (QED) is 0.639. The van der Waals surface area contributed by atoms with Crippen molar-refractivity contribution >= 4 is 27.8 Å². The van der Waals surface area contributed by atoms with Gasteiger partial charge in [0.15, 0.2) is 11.5 Å². The number of hydrazone groups is 1. The molecule has 2 aromatic rings. The Bertz CT molecular complexity index is 805. The normalized spacial score (nSPS) is 11.4. The summed E-state index contributed by atoms with van der Waals surface area (Å²) in [4.78, 5) is 2.21. The van der Waals surface area contributed by atoms with Crippen molar-refractivity contribution in [1.29, 1.82) is 0 Å². The highest BCUT2D eigenvalue weighted by molar-refractivity contribution is 7.89. The van der Waals surface area contributed by atoms with Gasteiger partial charge in [0.05, 0.1) is 25.3 Å². The first kappa shape index (κ1) is 17.1. The van der Waals surface area contributed by atoms with Crippen LogP contribution in [0.4, 0.5) is 0 Å². The molecule has 1 N–H and O–H groups in total. The Hall–Kier alpha value is -2.25. The minimum atomic E-state index is -3.74. The van der Waals surface area contributed by atoms with Gasteiger partial charge in [0, 0.05) is 5.02 Å². The van der Waals surface area contributed by atoms with Crippen molar-refractivity contribution < 1.29 is 17.9 Å². The molecule has 0 spiro atoms. The van der Waals surface area contributed by atoms with Crippen molar-refractivity contribution in [2.45, 2.75) is 4.90 Å². The van der Waals surface area contributed by atoms with Crippen LogP contribution in [-0.2, 0) is 10.0 Å². The van der Waals surface area contributed by atoms with Gasteiger partial charge in [-0.25, -0.2) is 4.83 Å². The molecule has 0 saturated carbocycles. The molecule has 0 heterocycles. The highest BCUT2D eigenvalue weighted by Gasteiger charge is 2.12. The number of ether oxygens (including phenoxy) is 2. The van der Waals surface area contributed by atoms with Gasteiger partial charge in [-0.05, 0) is 48.0 Å². The lowest BCUT2D eigenvalue weighted by molar-refractivity contribution is 0.355. The van der Waals surface area contributed by atoms with Gasteiger partial charge in [-0.2, -0.15) is 13.5 Å². The van der Waals surface area contributed by atoms with Crippen molar-refractivity contribution in [3.8, 4) is 11.5 Å². The van der Waals surface area contributed by atoms with Crippen LogP contribution in [0.3, 0.4) is 0 Å². The van der Waals surface area contributed by atoms with Crippen LogP contribution in [0.25, 0.3) is 0 Å². The maximum absolute atomic E-state index is 12.0. The number of benzene rings is 2. The van der Waals surface area contributed by atoms with E-state index in [0.29, 0.717) is 22.1 Å². The van der Waals surface area contributed by atoms with E-state index in [1.807, 2.05) is 0 Å². The highest BCUT2D eigenvalue weighted by atomic mass is 35.5. The molecule has 122 valence electrons. The molecular formula is C15H15ClN2O4S. The van der Waals surface area contributed by atoms with Crippen LogP contribution in [0.15, 0.2) is 52.5 Å². The maximum atomic E-state index is 12.0. The van der Waals surface area contributed by atoms with E-state index in [1.165, 1.54) is 44.7 Å². The first-order valence-electron chi connectivity index (χ1n) is 6.49. The van der Waals surface area contributed by atoms with Gasteiger partial charge in [0.1, 0.15) is 0 Å². The molecule has 0 aliphatic carbocycles. The summed E-state index contributed by atoms with van der Waals surface area (Å²) in [7, 11) is -0.689. The second-order valence-corrected chi connectivity index (χ2v) is 6.52. The molecule has 0 unspecified atom stereocenters. The molecule has 23 heavy (non-hydrogen) atoms. The minimum absolute atomic E-state index is 0.0753. The van der Waals surface area contributed by atoms with E-state index < -0.39 is 10.0 Å². The number of nitrogens with one attached hydrogen (secondary N) is 1. The number of sulfonamides is 1. The first-order chi connectivity index (χ1) is 11.0. The van der Waals surface area contributed by atoms with Crippen molar-refractivity contribution in [1.82, 2.24) is 4.83 Å². The molecular weight excluding hydrogens is 340 g/mol. The second-order valence-electron chi connectivity index (χ2n) is 4.42. The number of methoxy groups -OCH3 is 2. The fourth-order valence-electron chi connectivity index (χ4n) is 1.77. The van der Waals surface area contributed by atoms with Crippen LogP contribution >= 0.6 is 11.6 Å². The Morgan fingerprint density at radius 3 is 2.30 bits per heavy atom. The molecule has 0 aliphatic heterocycles. The molecule has 0 radical (unpaired) electrons. The van der Waals surface area contributed by atoms with Gasteiger partial charge in [0.25, 0.3) is 10.0 Å². The zero-order chi connectivity index (χ0) is 16.9. The average Bonchev–Trinajstić information content (AvgIpc) is 2.55. The van der Waals surface area contributed by atoms with Crippen LogP contribution in [0.1, 0.15) is 5.56 Å². The summed E-state index contributed by atoms with van der Waals surface area (Å²) in [6.07, 6.45) is 1.37. The van der Waals surface area contributed by atoms with Crippen LogP contribution in [0, 0.1) is 0 Å². The van der Waals surface area contributed by atoms with E-state index in [0.717, 1.165) is 0 Å². The summed E-state index contributed by atoms with van der Waals surface area (Å²) in [5.74, 6) is 1.10. The Morgan fingerprint density at radius 2 is 1.70 bits per heavy atom. The molecule has 0 atom stereocenters. The maximum Gasteiger partial charge on any atom is 0.276 e. The summed E-state index contributed by atoms with van der Waals surface area (Å²) in [5, 5.41) is 4.21. The lowest BCUT2D eigenvalue weighted by atomic mass is 10.2. The Labute approximate surface area is 139 Å².